The molecule has 1 aromatic heterocycles. The Hall–Kier alpha value is -2.27. The van der Waals surface area contributed by atoms with Gasteiger partial charge in [-0.2, -0.15) is 4.31 Å². The standard InChI is InChI=1S/C29H40N4O4S2/c1-30-28(35)26-24-17-18-32(2)19-25(24)38-29(26)31-27(34)20-13-15-23(16-14-20)39(36,37)33(21-9-5-3-6-10-21)22-11-7-4-8-12-22/h13-16,21-22H,3-12,17-19H2,1-2H3,(H,30,35)(H,31,34). The number of hydrogen-bond acceptors (Lipinski definition) is 6. The third-order valence-electron chi connectivity index (χ3n) is 8.49. The molecule has 10 heteroatoms. The average Bonchev–Trinajstić information content (AvgIpc) is 3.30. The first-order valence-corrected chi connectivity index (χ1v) is 16.6. The largest absolute Gasteiger partial charge is 0.355 e. The topological polar surface area (TPSA) is 98.8 Å². The maximum atomic E-state index is 14.0. The highest BCUT2D eigenvalue weighted by Gasteiger charge is 2.38. The average molecular weight is 573 g/mol. The van der Waals surface area contributed by atoms with Crippen molar-refractivity contribution in [1.82, 2.24) is 14.5 Å². The van der Waals surface area contributed by atoms with Gasteiger partial charge in [0.15, 0.2) is 0 Å². The number of likely N-dealkylation sites (N-methyl/N-ethyl adjacent to an activating group) is 1. The quantitative estimate of drug-likeness (QED) is 0.486. The summed E-state index contributed by atoms with van der Waals surface area (Å²) >= 11 is 1.44. The van der Waals surface area contributed by atoms with Crippen LogP contribution in [0.2, 0.25) is 0 Å². The molecule has 0 bridgehead atoms. The number of amides is 2. The van der Waals surface area contributed by atoms with Gasteiger partial charge in [-0.15, -0.1) is 11.3 Å². The molecule has 2 fully saturated rings. The van der Waals surface area contributed by atoms with Gasteiger partial charge in [-0.25, -0.2) is 8.42 Å². The normalized spacial score (nSPS) is 19.6. The van der Waals surface area contributed by atoms with Crippen molar-refractivity contribution in [3.05, 3.63) is 45.8 Å². The van der Waals surface area contributed by atoms with Crippen LogP contribution in [0.3, 0.4) is 0 Å². The monoisotopic (exact) mass is 572 g/mol. The SMILES string of the molecule is CNC(=O)c1c(NC(=O)c2ccc(S(=O)(=O)N(C3CCCCC3)C3CCCCC3)cc2)sc2c1CCN(C)C2. The molecule has 0 radical (unpaired) electrons. The third-order valence-corrected chi connectivity index (χ3v) is 11.6. The van der Waals surface area contributed by atoms with Crippen LogP contribution in [0.4, 0.5) is 5.00 Å². The lowest BCUT2D eigenvalue weighted by molar-refractivity contribution is 0.0962. The van der Waals surface area contributed by atoms with Crippen molar-refractivity contribution in [2.75, 3.05) is 26.0 Å². The van der Waals surface area contributed by atoms with Crippen molar-refractivity contribution in [3.8, 4) is 0 Å². The van der Waals surface area contributed by atoms with Gasteiger partial charge in [0.25, 0.3) is 11.8 Å². The van der Waals surface area contributed by atoms with Crippen molar-refractivity contribution < 1.29 is 18.0 Å². The van der Waals surface area contributed by atoms with Crippen LogP contribution >= 0.6 is 11.3 Å². The van der Waals surface area contributed by atoms with E-state index in [1.807, 2.05) is 11.4 Å². The van der Waals surface area contributed by atoms with E-state index < -0.39 is 10.0 Å². The highest BCUT2D eigenvalue weighted by atomic mass is 32.2. The lowest BCUT2D eigenvalue weighted by atomic mass is 9.91. The summed E-state index contributed by atoms with van der Waals surface area (Å²) in [6.45, 7) is 1.60. The molecule has 8 nitrogen and oxygen atoms in total. The second-order valence-electron chi connectivity index (χ2n) is 11.2. The minimum Gasteiger partial charge on any atom is -0.355 e. The molecule has 2 aromatic rings. The van der Waals surface area contributed by atoms with E-state index in [0.29, 0.717) is 16.1 Å². The van der Waals surface area contributed by atoms with Crippen LogP contribution in [-0.4, -0.2) is 62.2 Å². The van der Waals surface area contributed by atoms with Crippen LogP contribution < -0.4 is 10.6 Å². The number of fused-ring (bicyclic) bond motifs is 1. The maximum Gasteiger partial charge on any atom is 0.256 e. The van der Waals surface area contributed by atoms with Gasteiger partial charge in [-0.1, -0.05) is 38.5 Å². The number of hydrogen-bond donors (Lipinski definition) is 2. The lowest BCUT2D eigenvalue weighted by Gasteiger charge is -2.40. The summed E-state index contributed by atoms with van der Waals surface area (Å²) < 4.78 is 29.8. The first-order chi connectivity index (χ1) is 18.8. The summed E-state index contributed by atoms with van der Waals surface area (Å²) in [6, 6.07) is 6.42. The zero-order valence-electron chi connectivity index (χ0n) is 23.0. The number of benzene rings is 1. The molecule has 0 saturated heterocycles. The predicted molar refractivity (Wildman–Crippen MR) is 155 cm³/mol. The molecule has 2 N–H and O–H groups in total. The minimum atomic E-state index is -3.68. The van der Waals surface area contributed by atoms with E-state index in [1.165, 1.54) is 24.2 Å². The van der Waals surface area contributed by atoms with Crippen molar-refractivity contribution >= 4 is 38.2 Å². The van der Waals surface area contributed by atoms with Crippen LogP contribution in [0.15, 0.2) is 29.2 Å². The predicted octanol–water partition coefficient (Wildman–Crippen LogP) is 5.00. The van der Waals surface area contributed by atoms with Crippen molar-refractivity contribution in [1.29, 1.82) is 0 Å². The van der Waals surface area contributed by atoms with Crippen molar-refractivity contribution in [3.63, 3.8) is 0 Å². The van der Waals surface area contributed by atoms with Crippen molar-refractivity contribution in [2.24, 2.45) is 0 Å². The maximum absolute atomic E-state index is 14.0. The van der Waals surface area contributed by atoms with Gasteiger partial charge in [0.05, 0.1) is 10.5 Å². The summed E-state index contributed by atoms with van der Waals surface area (Å²) in [5, 5.41) is 6.18. The fraction of sp³-hybridized carbons (Fsp3) is 0.586. The first kappa shape index (κ1) is 28.3. The summed E-state index contributed by atoms with van der Waals surface area (Å²) in [5.41, 5.74) is 1.90. The molecular formula is C29H40N4O4S2. The Labute approximate surface area is 236 Å². The van der Waals surface area contributed by atoms with E-state index >= 15 is 0 Å². The Kier molecular flexibility index (Phi) is 8.75. The Balaban J connectivity index is 1.37. The fourth-order valence-corrected chi connectivity index (χ4v) is 9.67. The summed E-state index contributed by atoms with van der Waals surface area (Å²) in [7, 11) is -0.0495. The molecule has 2 saturated carbocycles. The van der Waals surface area contributed by atoms with Crippen LogP contribution in [0.25, 0.3) is 0 Å². The van der Waals surface area contributed by atoms with E-state index in [-0.39, 0.29) is 28.8 Å². The molecular weight excluding hydrogens is 532 g/mol. The zero-order valence-corrected chi connectivity index (χ0v) is 24.6. The molecule has 2 aliphatic carbocycles. The second-order valence-corrected chi connectivity index (χ2v) is 14.1. The molecule has 3 aliphatic rings. The second kappa shape index (κ2) is 12.1. The van der Waals surface area contributed by atoms with E-state index in [9.17, 15) is 18.0 Å². The summed E-state index contributed by atoms with van der Waals surface area (Å²) in [4.78, 5) is 29.5. The van der Waals surface area contributed by atoms with Gasteiger partial charge >= 0.3 is 0 Å². The van der Waals surface area contributed by atoms with Crippen LogP contribution in [0.5, 0.6) is 0 Å². The molecule has 0 atom stereocenters. The molecule has 2 amide bonds. The van der Waals surface area contributed by atoms with Crippen LogP contribution in [0, 0.1) is 0 Å². The Bertz CT molecular complexity index is 1280. The summed E-state index contributed by atoms with van der Waals surface area (Å²) in [6.07, 6.45) is 11.1. The molecule has 1 aliphatic heterocycles. The number of nitrogens with one attached hydrogen (secondary N) is 2. The smallest absolute Gasteiger partial charge is 0.256 e. The highest BCUT2D eigenvalue weighted by molar-refractivity contribution is 7.89. The first-order valence-electron chi connectivity index (χ1n) is 14.3. The lowest BCUT2D eigenvalue weighted by Crippen LogP contribution is -2.48. The van der Waals surface area contributed by atoms with Crippen molar-refractivity contribution in [2.45, 2.75) is 94.2 Å². The van der Waals surface area contributed by atoms with E-state index in [4.69, 9.17) is 0 Å². The number of sulfonamides is 1. The number of thiophene rings is 1. The van der Waals surface area contributed by atoms with Gasteiger partial charge in [0.1, 0.15) is 5.00 Å². The van der Waals surface area contributed by atoms with Crippen LogP contribution in [0.1, 0.15) is 95.4 Å². The highest BCUT2D eigenvalue weighted by Crippen LogP contribution is 2.38. The minimum absolute atomic E-state index is 0.0573. The number of nitrogens with zero attached hydrogens (tertiary/aromatic N) is 2. The molecule has 2 heterocycles. The molecule has 1 aromatic carbocycles. The fourth-order valence-electron chi connectivity index (χ4n) is 6.42. The van der Waals surface area contributed by atoms with E-state index in [1.54, 1.807) is 31.3 Å². The molecule has 39 heavy (non-hydrogen) atoms. The Morgan fingerprint density at radius 1 is 0.923 bits per heavy atom. The van der Waals surface area contributed by atoms with Crippen LogP contribution in [-0.2, 0) is 23.0 Å². The van der Waals surface area contributed by atoms with E-state index in [0.717, 1.165) is 81.3 Å². The molecule has 5 rings (SSSR count). The molecule has 0 spiro atoms. The number of anilines is 1. The number of carbonyl (C=O) groups is 2. The van der Waals surface area contributed by atoms with Gasteiger partial charge in [-0.05, 0) is 69.0 Å². The number of rotatable bonds is 7. The van der Waals surface area contributed by atoms with Gasteiger partial charge < -0.3 is 15.5 Å². The van der Waals surface area contributed by atoms with Gasteiger partial charge in [-0.3, -0.25) is 9.59 Å². The molecule has 212 valence electrons. The van der Waals surface area contributed by atoms with E-state index in [2.05, 4.69) is 15.5 Å². The zero-order chi connectivity index (χ0) is 27.6. The van der Waals surface area contributed by atoms with Gasteiger partial charge in [0.2, 0.25) is 10.0 Å². The molecule has 0 unspecified atom stereocenters. The third kappa shape index (κ3) is 5.94. The summed E-state index contributed by atoms with van der Waals surface area (Å²) in [5.74, 6) is -0.563. The Morgan fingerprint density at radius 2 is 1.51 bits per heavy atom. The number of carbonyl (C=O) groups excluding carboxylic acids is 2. The Morgan fingerprint density at radius 3 is 2.08 bits per heavy atom. The van der Waals surface area contributed by atoms with Gasteiger partial charge in [0, 0.05) is 42.7 Å².